The zero-order valence-corrected chi connectivity index (χ0v) is 63.3. The average molecular weight is 1440 g/mol. The zero-order chi connectivity index (χ0) is 74.5. The van der Waals surface area contributed by atoms with Crippen molar-refractivity contribution in [3.63, 3.8) is 0 Å². The standard InChI is InChI=1S/C108H75BN2S/c1-108(2,3)83-68-98-105-99(69-83)111(107-91(74-41-20-8-21-42-74)64-82(71-35-14-5-15-36-71)65-92(107)75-43-22-9-23-44-75)97-67-80(84-52-32-54-101-104(84)88-51-30-31-53-100(88)112-101)57-60-95(97)109(105)94-59-56-79(78-55-58-87-93(61-78)103(77-47-26-11-27-48-77)86-50-29-28-49-85(86)102(87)76-45-24-10-25-46-76)66-96(94)110(98)106-89(72-37-16-6-17-38-72)62-81(70-33-12-4-13-34-70)63-90(106)73-39-18-7-19-40-73/h4-69H,1-3H3. The zero-order valence-electron chi connectivity index (χ0n) is 62.5. The van der Waals surface area contributed by atoms with Crippen LogP contribution in [0.25, 0.3) is 153 Å². The molecule has 526 valence electrons. The van der Waals surface area contributed by atoms with Crippen LogP contribution in [-0.4, -0.2) is 6.71 Å². The molecular weight excluding hydrogens is 1370 g/mol. The van der Waals surface area contributed by atoms with Crippen LogP contribution < -0.4 is 26.2 Å². The van der Waals surface area contributed by atoms with Gasteiger partial charge in [0.05, 0.1) is 11.4 Å². The van der Waals surface area contributed by atoms with Crippen molar-refractivity contribution in [2.75, 3.05) is 9.80 Å². The molecule has 0 N–H and O–H groups in total. The molecule has 0 aliphatic carbocycles. The molecule has 18 aromatic carbocycles. The Morgan fingerprint density at radius 2 is 0.580 bits per heavy atom. The first kappa shape index (κ1) is 66.6. The monoisotopic (exact) mass is 1440 g/mol. The molecule has 112 heavy (non-hydrogen) atoms. The maximum Gasteiger partial charge on any atom is 0.252 e. The summed E-state index contributed by atoms with van der Waals surface area (Å²) in [5.74, 6) is 0. The van der Waals surface area contributed by atoms with Crippen molar-refractivity contribution in [3.8, 4) is 111 Å². The summed E-state index contributed by atoms with van der Waals surface area (Å²) in [4.78, 5) is 5.46. The van der Waals surface area contributed by atoms with Gasteiger partial charge in [-0.05, 0) is 205 Å². The fourth-order valence-corrected chi connectivity index (χ4v) is 19.3. The van der Waals surface area contributed by atoms with E-state index in [1.54, 1.807) is 0 Å². The quantitative estimate of drug-likeness (QED) is 0.0888. The SMILES string of the molecule is CC(C)(C)c1cc2c3c(c1)N(c1c(-c4ccccc4)cc(-c4ccccc4)cc1-c1ccccc1)c1cc(-c4cccc5sc6ccccc6c45)ccc1B3c1ccc(-c3ccc4c(-c5ccccc5)c5ccccc5c(-c5ccccc5)c4c3)cc1N2c1c(-c2ccccc2)cc(-c2ccccc2)cc1-c1ccccc1. The smallest absolute Gasteiger partial charge is 0.252 e. The highest BCUT2D eigenvalue weighted by molar-refractivity contribution is 7.26. The van der Waals surface area contributed by atoms with Gasteiger partial charge in [0.2, 0.25) is 0 Å². The summed E-state index contributed by atoms with van der Waals surface area (Å²) in [5, 5.41) is 7.45. The maximum absolute atomic E-state index is 2.73. The maximum atomic E-state index is 2.73. The van der Waals surface area contributed by atoms with Gasteiger partial charge in [-0.25, -0.2) is 0 Å². The van der Waals surface area contributed by atoms with Gasteiger partial charge in [-0.15, -0.1) is 11.3 Å². The van der Waals surface area contributed by atoms with E-state index in [4.69, 9.17) is 0 Å². The van der Waals surface area contributed by atoms with Crippen LogP contribution in [-0.2, 0) is 5.41 Å². The third-order valence-electron chi connectivity index (χ3n) is 23.4. The van der Waals surface area contributed by atoms with Crippen LogP contribution in [0.15, 0.2) is 400 Å². The number of fused-ring (bicyclic) bond motifs is 9. The molecule has 4 heteroatoms. The van der Waals surface area contributed by atoms with Gasteiger partial charge in [-0.1, -0.05) is 354 Å². The van der Waals surface area contributed by atoms with E-state index in [2.05, 4.69) is 431 Å². The highest BCUT2D eigenvalue weighted by Crippen LogP contribution is 2.57. The summed E-state index contributed by atoms with van der Waals surface area (Å²) in [5.41, 5.74) is 34.5. The van der Waals surface area contributed by atoms with Crippen molar-refractivity contribution in [1.82, 2.24) is 0 Å². The first-order chi connectivity index (χ1) is 55.2. The topological polar surface area (TPSA) is 6.48 Å². The highest BCUT2D eigenvalue weighted by atomic mass is 32.1. The lowest BCUT2D eigenvalue weighted by molar-refractivity contribution is 0.590. The normalized spacial score (nSPS) is 12.4. The third-order valence-corrected chi connectivity index (χ3v) is 24.5. The first-order valence-electron chi connectivity index (χ1n) is 39.0. The van der Waals surface area contributed by atoms with Crippen molar-refractivity contribution in [2.24, 2.45) is 0 Å². The second-order valence-corrected chi connectivity index (χ2v) is 32.0. The Bertz CT molecular complexity index is 6750. The fraction of sp³-hybridized carbons (Fsp3) is 0.0370. The summed E-state index contributed by atoms with van der Waals surface area (Å²) in [6.07, 6.45) is 0. The Balaban J connectivity index is 0.919. The summed E-state index contributed by atoms with van der Waals surface area (Å²) in [6.45, 7) is 6.94. The van der Waals surface area contributed by atoms with E-state index in [0.717, 1.165) is 118 Å². The van der Waals surface area contributed by atoms with Crippen molar-refractivity contribution in [3.05, 3.63) is 406 Å². The van der Waals surface area contributed by atoms with Gasteiger partial charge in [0.25, 0.3) is 6.71 Å². The lowest BCUT2D eigenvalue weighted by atomic mass is 9.33. The second kappa shape index (κ2) is 27.2. The van der Waals surface area contributed by atoms with Crippen molar-refractivity contribution < 1.29 is 0 Å². The van der Waals surface area contributed by atoms with Gasteiger partial charge in [-0.3, -0.25) is 0 Å². The minimum absolute atomic E-state index is 0.258. The fourth-order valence-electron chi connectivity index (χ4n) is 18.2. The number of rotatable bonds is 12. The van der Waals surface area contributed by atoms with Crippen LogP contribution >= 0.6 is 11.3 Å². The molecule has 21 rings (SSSR count). The Morgan fingerprint density at radius 1 is 0.232 bits per heavy atom. The predicted molar refractivity (Wildman–Crippen MR) is 481 cm³/mol. The van der Waals surface area contributed by atoms with E-state index in [1.165, 1.54) is 91.5 Å². The molecule has 0 bridgehead atoms. The molecule has 1 aromatic heterocycles. The van der Waals surface area contributed by atoms with Gasteiger partial charge >= 0.3 is 0 Å². The van der Waals surface area contributed by atoms with Gasteiger partial charge in [0, 0.05) is 65.2 Å². The summed E-state index contributed by atoms with van der Waals surface area (Å²) in [6, 6.07) is 151. The second-order valence-electron chi connectivity index (χ2n) is 30.9. The number of hydrogen-bond acceptors (Lipinski definition) is 3. The van der Waals surface area contributed by atoms with Crippen LogP contribution in [0.2, 0.25) is 0 Å². The lowest BCUT2D eigenvalue weighted by Crippen LogP contribution is -2.61. The van der Waals surface area contributed by atoms with Crippen LogP contribution in [0.3, 0.4) is 0 Å². The number of nitrogens with zero attached hydrogens (tertiary/aromatic N) is 2. The summed E-state index contributed by atoms with van der Waals surface area (Å²) >= 11 is 1.88. The van der Waals surface area contributed by atoms with E-state index < -0.39 is 0 Å². The molecule has 0 fully saturated rings. The van der Waals surface area contributed by atoms with Crippen LogP contribution in [0, 0.1) is 0 Å². The molecule has 2 aliphatic rings. The van der Waals surface area contributed by atoms with Crippen LogP contribution in [0.4, 0.5) is 34.1 Å². The molecular formula is C108H75BN2S. The molecule has 0 saturated heterocycles. The molecule has 0 amide bonds. The minimum atomic E-state index is -0.355. The lowest BCUT2D eigenvalue weighted by Gasteiger charge is -2.46. The molecule has 0 radical (unpaired) electrons. The largest absolute Gasteiger partial charge is 0.310 e. The van der Waals surface area contributed by atoms with E-state index in [-0.39, 0.29) is 12.1 Å². The molecule has 0 saturated carbocycles. The Hall–Kier alpha value is -13.6. The Morgan fingerprint density at radius 3 is 1.03 bits per heavy atom. The van der Waals surface area contributed by atoms with E-state index in [9.17, 15) is 0 Å². The number of hydrogen-bond donors (Lipinski definition) is 0. The minimum Gasteiger partial charge on any atom is -0.310 e. The van der Waals surface area contributed by atoms with Crippen molar-refractivity contribution >= 4 is 110 Å². The molecule has 0 spiro atoms. The van der Waals surface area contributed by atoms with Gasteiger partial charge in [-0.2, -0.15) is 0 Å². The molecule has 2 nitrogen and oxygen atoms in total. The molecule has 0 atom stereocenters. The van der Waals surface area contributed by atoms with E-state index in [0.29, 0.717) is 0 Å². The Kier molecular flexibility index (Phi) is 16.2. The predicted octanol–water partition coefficient (Wildman–Crippen LogP) is 28.4. The number of anilines is 6. The van der Waals surface area contributed by atoms with E-state index in [1.807, 2.05) is 11.3 Å². The van der Waals surface area contributed by atoms with Crippen LogP contribution in [0.1, 0.15) is 26.3 Å². The summed E-state index contributed by atoms with van der Waals surface area (Å²) in [7, 11) is 0. The van der Waals surface area contributed by atoms with Gasteiger partial charge < -0.3 is 9.80 Å². The highest BCUT2D eigenvalue weighted by Gasteiger charge is 2.46. The molecule has 19 aromatic rings. The van der Waals surface area contributed by atoms with Gasteiger partial charge in [0.1, 0.15) is 0 Å². The van der Waals surface area contributed by atoms with E-state index >= 15 is 0 Å². The first-order valence-corrected chi connectivity index (χ1v) is 39.8. The summed E-state index contributed by atoms with van der Waals surface area (Å²) < 4.78 is 2.56. The van der Waals surface area contributed by atoms with Crippen molar-refractivity contribution in [2.45, 2.75) is 26.2 Å². The molecule has 0 unspecified atom stereocenters. The Labute approximate surface area is 658 Å². The number of benzene rings is 18. The van der Waals surface area contributed by atoms with Crippen molar-refractivity contribution in [1.29, 1.82) is 0 Å². The van der Waals surface area contributed by atoms with Gasteiger partial charge in [0.15, 0.2) is 0 Å². The number of thiophene rings is 1. The van der Waals surface area contributed by atoms with Crippen LogP contribution in [0.5, 0.6) is 0 Å². The average Bonchev–Trinajstić information content (AvgIpc) is 0.717. The molecule has 3 heterocycles. The molecule has 2 aliphatic heterocycles. The third kappa shape index (κ3) is 11.2.